The highest BCUT2D eigenvalue weighted by molar-refractivity contribution is 7.08. The highest BCUT2D eigenvalue weighted by Gasteiger charge is 1.83. The van der Waals surface area contributed by atoms with Crippen LogP contribution in [0.15, 0.2) is 162 Å². The molecule has 0 aromatic carbocycles. The molecule has 0 bridgehead atoms. The summed E-state index contributed by atoms with van der Waals surface area (Å²) in [5, 5.41) is 49.1. The van der Waals surface area contributed by atoms with Crippen LogP contribution < -0.4 is 0 Å². The molecule has 0 radical (unpaired) electrons. The number of rotatable bonds is 0. The van der Waals surface area contributed by atoms with Gasteiger partial charge in [-0.05, 0) is 152 Å². The van der Waals surface area contributed by atoms with Crippen molar-refractivity contribution in [3.05, 3.63) is 213 Å². The van der Waals surface area contributed by atoms with Crippen LogP contribution in [-0.4, -0.2) is 106 Å². The second-order valence-electron chi connectivity index (χ2n) is 14.9. The summed E-state index contributed by atoms with van der Waals surface area (Å²) in [6.07, 6.45) is 24.5. The summed E-state index contributed by atoms with van der Waals surface area (Å²) in [6, 6.07) is 7.96. The zero-order valence-corrected chi connectivity index (χ0v) is 48.1. The van der Waals surface area contributed by atoms with Crippen LogP contribution >= 0.6 is 34.2 Å². The summed E-state index contributed by atoms with van der Waals surface area (Å²) in [4.78, 5) is 25.6. The summed E-state index contributed by atoms with van der Waals surface area (Å²) in [7, 11) is 0. The third kappa shape index (κ3) is 43.2. The third-order valence-electron chi connectivity index (χ3n) is 7.42. The van der Waals surface area contributed by atoms with E-state index in [4.69, 9.17) is 4.42 Å². The number of aryl methyl sites for hydroxylation is 13. The molecule has 0 atom stereocenters. The van der Waals surface area contributed by atoms with Gasteiger partial charge < -0.3 is 27.4 Å². The molecule has 0 spiro atoms. The van der Waals surface area contributed by atoms with E-state index in [2.05, 4.69) is 155 Å². The van der Waals surface area contributed by atoms with E-state index in [1.165, 1.54) is 65.4 Å². The van der Waals surface area contributed by atoms with Gasteiger partial charge in [0.2, 0.25) is 5.89 Å². The van der Waals surface area contributed by atoms with Crippen LogP contribution in [0, 0.1) is 90.0 Å². The number of H-pyrrole nitrogens is 5. The van der Waals surface area contributed by atoms with Gasteiger partial charge >= 0.3 is 0 Å². The fraction of sp³-hybridized carbons (Fsp3) is 0.265. The lowest BCUT2D eigenvalue weighted by molar-refractivity contribution is 0.374. The Hall–Kier alpha value is -9.22. The molecular weight excluding hydrogens is 1060 g/mol. The minimum atomic E-state index is 0.606. The van der Waals surface area contributed by atoms with Crippen molar-refractivity contribution < 1.29 is 22.4 Å². The van der Waals surface area contributed by atoms with E-state index >= 15 is 0 Å². The number of thiophene rings is 1. The van der Waals surface area contributed by atoms with E-state index in [-0.39, 0.29) is 0 Å². The van der Waals surface area contributed by atoms with E-state index < -0.39 is 0 Å². The van der Waals surface area contributed by atoms with Crippen molar-refractivity contribution >= 4 is 34.2 Å². The summed E-state index contributed by atoms with van der Waals surface area (Å²) in [6.45, 7) is 24.9. The average Bonchev–Trinajstić information content (AvgIpc) is 4.23. The molecule has 0 aliphatic heterocycles. The van der Waals surface area contributed by atoms with Crippen molar-refractivity contribution in [1.29, 1.82) is 0 Å². The second kappa shape index (κ2) is 45.2. The molecular formula is C49H67N21O5S3. The van der Waals surface area contributed by atoms with Gasteiger partial charge in [-0.3, -0.25) is 25.4 Å². The Morgan fingerprint density at radius 1 is 0.538 bits per heavy atom. The van der Waals surface area contributed by atoms with Crippen LogP contribution in [0.5, 0.6) is 0 Å². The lowest BCUT2D eigenvalue weighted by atomic mass is 10.4. The van der Waals surface area contributed by atoms with Gasteiger partial charge in [-0.2, -0.15) is 41.1 Å². The molecule has 0 fully saturated rings. The molecule has 26 nitrogen and oxygen atoms in total. The van der Waals surface area contributed by atoms with E-state index in [9.17, 15) is 0 Å². The number of hydrogen-bond donors (Lipinski definition) is 5. The standard InChI is InChI=1S/C5H7N.C5H6O.C5H6S.2C4H6N2.C4H5NO.C4H5NS.2C3H5N3.3C3H4N2O.C3H4N2S/c3*1-5-2-3-6-4-5;1-4-2-5-6-3-4;1-4-2-3-5-6-4;2*1-4-2-6-3-5-4;3*1-3-4-2-5-6-3;1-3-2-6-5-4-3;1-3-2-4-5-6-3;1-3-4-2-5-6-3/h2-4,6H,1H3;2*2-4H,1H3;2*2-3H,1H3,(H,5,6);2*2-3H,1H3;2*2H,1H3,(H,4,5,6);4*2H,1H3. The van der Waals surface area contributed by atoms with Crippen LogP contribution in [0.2, 0.25) is 0 Å². The molecule has 0 saturated heterocycles. The Bertz CT molecular complexity index is 2230. The number of thiazole rings is 1. The number of aromatic amines is 5. The third-order valence-corrected chi connectivity index (χ3v) is 9.50. The number of aromatic nitrogens is 21. The molecule has 0 unspecified atom stereocenters. The lowest BCUT2D eigenvalue weighted by Gasteiger charge is -1.68. The minimum Gasteiger partial charge on any atom is -0.472 e. The predicted molar refractivity (Wildman–Crippen MR) is 297 cm³/mol. The van der Waals surface area contributed by atoms with Crippen LogP contribution in [0.3, 0.4) is 0 Å². The van der Waals surface area contributed by atoms with Crippen molar-refractivity contribution in [3.8, 4) is 0 Å². The zero-order chi connectivity index (χ0) is 57.3. The summed E-state index contributed by atoms with van der Waals surface area (Å²) < 4.78 is 26.4. The van der Waals surface area contributed by atoms with E-state index in [0.717, 1.165) is 45.2 Å². The van der Waals surface area contributed by atoms with Gasteiger partial charge in [0.05, 0.1) is 36.1 Å². The first kappa shape index (κ1) is 66.8. The Balaban J connectivity index is 0.000000422. The van der Waals surface area contributed by atoms with Crippen LogP contribution in [0.4, 0.5) is 0 Å². The molecule has 416 valence electrons. The second-order valence-corrected chi connectivity index (χ2v) is 17.4. The number of nitrogens with zero attached hydrogens (tertiary/aromatic N) is 16. The number of hydrogen-bond acceptors (Lipinski definition) is 24. The molecule has 0 saturated carbocycles. The smallest absolute Gasteiger partial charge is 0.223 e. The normalized spacial score (nSPS) is 8.83. The van der Waals surface area contributed by atoms with Crippen molar-refractivity contribution in [2.75, 3.05) is 0 Å². The van der Waals surface area contributed by atoms with Crippen LogP contribution in [0.25, 0.3) is 0 Å². The number of nitrogens with one attached hydrogen (secondary N) is 5. The van der Waals surface area contributed by atoms with Crippen molar-refractivity contribution in [1.82, 2.24) is 106 Å². The van der Waals surface area contributed by atoms with Gasteiger partial charge in [0.1, 0.15) is 53.9 Å². The highest BCUT2D eigenvalue weighted by Crippen LogP contribution is 2.01. The van der Waals surface area contributed by atoms with Crippen LogP contribution in [0.1, 0.15) is 73.3 Å². The maximum absolute atomic E-state index is 4.71. The molecule has 0 amide bonds. The SMILES string of the molecule is Cc1cc[nH]c1.Cc1ccn[nH]1.Cc1ccoc1.Cc1ccsc1.Cc1cn[nH]c1.Cc1cnno1.Cc1cocn1.Cc1conn1.Cc1cscn1.Cc1ncn[nH]1.Cc1ncn[nH]1.Cc1ncno1.Cc1ncns1. The molecule has 13 heterocycles. The quantitative estimate of drug-likeness (QED) is 0.0941. The van der Waals surface area contributed by atoms with Crippen LogP contribution in [-0.2, 0) is 0 Å². The van der Waals surface area contributed by atoms with E-state index in [1.807, 2.05) is 110 Å². The molecule has 13 aromatic heterocycles. The summed E-state index contributed by atoms with van der Waals surface area (Å²) in [5.74, 6) is 3.06. The van der Waals surface area contributed by atoms with Gasteiger partial charge in [0.25, 0.3) is 0 Å². The van der Waals surface area contributed by atoms with Crippen molar-refractivity contribution in [2.45, 2.75) is 90.0 Å². The summed E-state index contributed by atoms with van der Waals surface area (Å²) >= 11 is 4.78. The highest BCUT2D eigenvalue weighted by atomic mass is 32.1. The molecule has 78 heavy (non-hydrogen) atoms. The van der Waals surface area contributed by atoms with Gasteiger partial charge in [-0.25, -0.2) is 19.9 Å². The molecule has 13 rings (SSSR count). The fourth-order valence-corrected chi connectivity index (χ4v) is 5.23. The Morgan fingerprint density at radius 3 is 1.46 bits per heavy atom. The van der Waals surface area contributed by atoms with Gasteiger partial charge in [0, 0.05) is 59.0 Å². The van der Waals surface area contributed by atoms with E-state index in [1.54, 1.807) is 80.2 Å². The molecule has 13 aromatic rings. The maximum Gasteiger partial charge on any atom is 0.223 e. The van der Waals surface area contributed by atoms with Crippen molar-refractivity contribution in [2.24, 2.45) is 0 Å². The zero-order valence-electron chi connectivity index (χ0n) is 45.7. The van der Waals surface area contributed by atoms with Gasteiger partial charge in [-0.15, -0.1) is 21.5 Å². The average molecular weight is 1130 g/mol. The van der Waals surface area contributed by atoms with Gasteiger partial charge in [0.15, 0.2) is 18.5 Å². The molecule has 0 aliphatic rings. The van der Waals surface area contributed by atoms with Gasteiger partial charge in [-0.1, -0.05) is 5.16 Å². The number of furan rings is 1. The predicted octanol–water partition coefficient (Wildman–Crippen LogP) is 11.0. The summed E-state index contributed by atoms with van der Waals surface area (Å²) in [5.41, 5.74) is 10.8. The Kier molecular flexibility index (Phi) is 38.7. The van der Waals surface area contributed by atoms with E-state index in [0.29, 0.717) is 5.89 Å². The monoisotopic (exact) mass is 1130 g/mol. The topological polar surface area (TPSA) is 351 Å². The molecule has 29 heteroatoms. The Labute approximate surface area is 463 Å². The first-order valence-corrected chi connectivity index (χ1v) is 25.5. The largest absolute Gasteiger partial charge is 0.472 e. The fourth-order valence-electron chi connectivity index (χ4n) is 3.68. The lowest BCUT2D eigenvalue weighted by Crippen LogP contribution is -1.68. The minimum absolute atomic E-state index is 0.606. The Morgan fingerprint density at radius 2 is 1.31 bits per heavy atom. The first-order chi connectivity index (χ1) is 37.6. The molecule has 0 aliphatic carbocycles. The first-order valence-electron chi connectivity index (χ1n) is 22.9. The molecule has 5 N–H and O–H groups in total. The maximum atomic E-state index is 4.71. The van der Waals surface area contributed by atoms with Crippen molar-refractivity contribution in [3.63, 3.8) is 0 Å². The number of oxazole rings is 1.